The Morgan fingerprint density at radius 3 is 2.87 bits per heavy atom. The molecule has 8 heteroatoms. The van der Waals surface area contributed by atoms with Crippen LogP contribution in [-0.2, 0) is 6.54 Å². The van der Waals surface area contributed by atoms with Crippen LogP contribution in [0.1, 0.15) is 12.6 Å². The predicted octanol–water partition coefficient (Wildman–Crippen LogP) is 2.42. The third-order valence-corrected chi connectivity index (χ3v) is 4.11. The lowest BCUT2D eigenvalue weighted by molar-refractivity contribution is 0.653. The first-order chi connectivity index (χ1) is 11.1. The number of H-pyrrole nitrogens is 1. The summed E-state index contributed by atoms with van der Waals surface area (Å²) in [5.41, 5.74) is 2.29. The van der Waals surface area contributed by atoms with Crippen molar-refractivity contribution in [1.29, 1.82) is 0 Å². The van der Waals surface area contributed by atoms with E-state index in [2.05, 4.69) is 20.2 Å². The number of nitrogens with one attached hydrogen (secondary N) is 1. The Hall–Kier alpha value is -2.67. The van der Waals surface area contributed by atoms with Crippen molar-refractivity contribution in [3.8, 4) is 11.4 Å². The van der Waals surface area contributed by atoms with E-state index in [0.717, 1.165) is 23.2 Å². The summed E-state index contributed by atoms with van der Waals surface area (Å²) >= 11 is 6.16. The summed E-state index contributed by atoms with van der Waals surface area (Å²) in [5.74, 6) is 0.472. The standard InChI is InChI=1S/C15H13ClN6O/c1-3-21-7-10(8(2)19-21)13-18-14-9-5-4-6-11(16)12(9)17-15(23)22(14)20-13/h4-7H,3H2,1-2H3,(H,17,23). The first kappa shape index (κ1) is 14.0. The fourth-order valence-electron chi connectivity index (χ4n) is 2.64. The number of halogens is 1. The summed E-state index contributed by atoms with van der Waals surface area (Å²) in [7, 11) is 0. The second-order valence-corrected chi connectivity index (χ2v) is 5.65. The van der Waals surface area contributed by atoms with E-state index in [9.17, 15) is 4.79 Å². The summed E-state index contributed by atoms with van der Waals surface area (Å²) < 4.78 is 3.08. The summed E-state index contributed by atoms with van der Waals surface area (Å²) in [4.78, 5) is 19.6. The average Bonchev–Trinajstić information content (AvgIpc) is 3.12. The minimum atomic E-state index is -0.375. The van der Waals surface area contributed by atoms with E-state index >= 15 is 0 Å². The average molecular weight is 329 g/mol. The van der Waals surface area contributed by atoms with Crippen LogP contribution in [0.25, 0.3) is 27.9 Å². The summed E-state index contributed by atoms with van der Waals surface area (Å²) in [6, 6.07) is 5.40. The van der Waals surface area contributed by atoms with Crippen LogP contribution in [0.5, 0.6) is 0 Å². The first-order valence-corrected chi connectivity index (χ1v) is 7.58. The quantitative estimate of drug-likeness (QED) is 0.612. The summed E-state index contributed by atoms with van der Waals surface area (Å²) in [6.45, 7) is 4.66. The Bertz CT molecular complexity index is 1110. The van der Waals surface area contributed by atoms with E-state index in [-0.39, 0.29) is 5.69 Å². The van der Waals surface area contributed by atoms with Crippen LogP contribution in [0, 0.1) is 6.92 Å². The maximum Gasteiger partial charge on any atom is 0.348 e. The van der Waals surface area contributed by atoms with Gasteiger partial charge < -0.3 is 4.98 Å². The number of aromatic nitrogens is 6. The number of fused-ring (bicyclic) bond motifs is 3. The molecule has 0 aliphatic carbocycles. The van der Waals surface area contributed by atoms with Gasteiger partial charge in [-0.25, -0.2) is 9.78 Å². The molecule has 0 aliphatic rings. The van der Waals surface area contributed by atoms with Crippen LogP contribution < -0.4 is 5.69 Å². The minimum absolute atomic E-state index is 0.375. The molecule has 0 saturated carbocycles. The van der Waals surface area contributed by atoms with E-state index in [1.807, 2.05) is 36.9 Å². The minimum Gasteiger partial charge on any atom is -0.304 e. The van der Waals surface area contributed by atoms with E-state index in [1.165, 1.54) is 4.52 Å². The highest BCUT2D eigenvalue weighted by Crippen LogP contribution is 2.25. The lowest BCUT2D eigenvalue weighted by atomic mass is 10.2. The lowest BCUT2D eigenvalue weighted by Crippen LogP contribution is -2.17. The topological polar surface area (TPSA) is 80.9 Å². The van der Waals surface area contributed by atoms with Gasteiger partial charge >= 0.3 is 5.69 Å². The van der Waals surface area contributed by atoms with Crippen LogP contribution in [0.3, 0.4) is 0 Å². The molecule has 23 heavy (non-hydrogen) atoms. The highest BCUT2D eigenvalue weighted by Gasteiger charge is 2.16. The number of rotatable bonds is 2. The van der Waals surface area contributed by atoms with Gasteiger partial charge in [-0.3, -0.25) is 4.68 Å². The molecule has 0 atom stereocenters. The fraction of sp³-hybridized carbons (Fsp3) is 0.200. The van der Waals surface area contributed by atoms with Gasteiger partial charge in [0, 0.05) is 18.1 Å². The zero-order valence-corrected chi connectivity index (χ0v) is 13.3. The molecule has 0 fully saturated rings. The van der Waals surface area contributed by atoms with Gasteiger partial charge in [0.1, 0.15) is 0 Å². The molecule has 1 aromatic carbocycles. The molecular formula is C15H13ClN6O. The number of aromatic amines is 1. The van der Waals surface area contributed by atoms with Crippen molar-refractivity contribution >= 4 is 28.2 Å². The number of benzene rings is 1. The Balaban J connectivity index is 2.06. The van der Waals surface area contributed by atoms with Gasteiger partial charge in [0.15, 0.2) is 11.5 Å². The van der Waals surface area contributed by atoms with Gasteiger partial charge in [0.25, 0.3) is 0 Å². The van der Waals surface area contributed by atoms with E-state index < -0.39 is 0 Å². The summed E-state index contributed by atoms with van der Waals surface area (Å²) in [5, 5.41) is 9.95. The molecule has 0 radical (unpaired) electrons. The van der Waals surface area contributed by atoms with Crippen LogP contribution in [-0.4, -0.2) is 29.4 Å². The molecule has 0 unspecified atom stereocenters. The van der Waals surface area contributed by atoms with Crippen LogP contribution in [0.4, 0.5) is 0 Å². The normalized spacial score (nSPS) is 11.6. The Morgan fingerprint density at radius 1 is 1.30 bits per heavy atom. The third kappa shape index (κ3) is 2.04. The number of hydrogen-bond donors (Lipinski definition) is 1. The molecule has 4 rings (SSSR count). The lowest BCUT2D eigenvalue weighted by Gasteiger charge is -2.00. The number of aryl methyl sites for hydroxylation is 2. The maximum absolute atomic E-state index is 12.3. The SMILES string of the molecule is CCn1cc(-c2nc3c4cccc(Cl)c4[nH]c(=O)n3n2)c(C)n1. The zero-order chi connectivity index (χ0) is 16.1. The van der Waals surface area contributed by atoms with Crippen LogP contribution in [0.15, 0.2) is 29.2 Å². The molecule has 4 aromatic rings. The van der Waals surface area contributed by atoms with Crippen molar-refractivity contribution in [2.75, 3.05) is 0 Å². The first-order valence-electron chi connectivity index (χ1n) is 7.20. The Kier molecular flexibility index (Phi) is 2.99. The van der Waals surface area contributed by atoms with Crippen molar-refractivity contribution in [3.05, 3.63) is 45.6 Å². The van der Waals surface area contributed by atoms with E-state index in [0.29, 0.717) is 22.0 Å². The van der Waals surface area contributed by atoms with Crippen molar-refractivity contribution in [1.82, 2.24) is 29.4 Å². The highest BCUT2D eigenvalue weighted by atomic mass is 35.5. The zero-order valence-electron chi connectivity index (χ0n) is 12.5. The van der Waals surface area contributed by atoms with Crippen LogP contribution in [0.2, 0.25) is 5.02 Å². The Labute approximate surface area is 135 Å². The molecule has 0 bridgehead atoms. The van der Waals surface area contributed by atoms with E-state index in [1.54, 1.807) is 6.07 Å². The predicted molar refractivity (Wildman–Crippen MR) is 87.8 cm³/mol. The molecule has 0 aliphatic heterocycles. The van der Waals surface area contributed by atoms with Crippen LogP contribution >= 0.6 is 11.6 Å². The number of hydrogen-bond acceptors (Lipinski definition) is 4. The van der Waals surface area contributed by atoms with Crippen molar-refractivity contribution in [3.63, 3.8) is 0 Å². The van der Waals surface area contributed by atoms with Crippen molar-refractivity contribution in [2.45, 2.75) is 20.4 Å². The molecule has 0 saturated heterocycles. The van der Waals surface area contributed by atoms with Crippen molar-refractivity contribution < 1.29 is 0 Å². The summed E-state index contributed by atoms with van der Waals surface area (Å²) in [6.07, 6.45) is 1.88. The molecule has 0 amide bonds. The smallest absolute Gasteiger partial charge is 0.304 e. The van der Waals surface area contributed by atoms with Gasteiger partial charge in [0.2, 0.25) is 0 Å². The molecule has 1 N–H and O–H groups in total. The highest BCUT2D eigenvalue weighted by molar-refractivity contribution is 6.35. The molecule has 7 nitrogen and oxygen atoms in total. The monoisotopic (exact) mass is 328 g/mol. The number of nitrogens with zero attached hydrogens (tertiary/aromatic N) is 5. The Morgan fingerprint density at radius 2 is 2.13 bits per heavy atom. The largest absolute Gasteiger partial charge is 0.348 e. The third-order valence-electron chi connectivity index (χ3n) is 3.80. The molecule has 3 heterocycles. The van der Waals surface area contributed by atoms with Gasteiger partial charge in [-0.15, -0.1) is 5.10 Å². The number of para-hydroxylation sites is 1. The van der Waals surface area contributed by atoms with Gasteiger partial charge in [-0.1, -0.05) is 17.7 Å². The molecular weight excluding hydrogens is 316 g/mol. The van der Waals surface area contributed by atoms with Crippen molar-refractivity contribution in [2.24, 2.45) is 0 Å². The molecule has 116 valence electrons. The molecule has 3 aromatic heterocycles. The second kappa shape index (κ2) is 4.92. The van der Waals surface area contributed by atoms with Gasteiger partial charge in [-0.2, -0.15) is 9.61 Å². The molecule has 0 spiro atoms. The second-order valence-electron chi connectivity index (χ2n) is 5.25. The van der Waals surface area contributed by atoms with E-state index in [4.69, 9.17) is 11.6 Å². The maximum atomic E-state index is 12.3. The van der Waals surface area contributed by atoms with Gasteiger partial charge in [0.05, 0.1) is 21.8 Å². The fourth-order valence-corrected chi connectivity index (χ4v) is 2.86. The van der Waals surface area contributed by atoms with Gasteiger partial charge in [-0.05, 0) is 26.0 Å².